The fourth-order valence-electron chi connectivity index (χ4n) is 1.53. The quantitative estimate of drug-likeness (QED) is 0.859. The van der Waals surface area contributed by atoms with E-state index in [4.69, 9.17) is 0 Å². The number of hydrogen-bond acceptors (Lipinski definition) is 6. The molecule has 0 radical (unpaired) electrons. The highest BCUT2D eigenvalue weighted by atomic mass is 32.1. The van der Waals surface area contributed by atoms with Crippen molar-refractivity contribution >= 4 is 46.7 Å². The molecule has 2 aromatic rings. The first kappa shape index (κ1) is 15.4. The number of carbonyl (C=O) groups excluding carboxylic acids is 2. The summed E-state index contributed by atoms with van der Waals surface area (Å²) < 4.78 is 4.63. The molecule has 0 saturated heterocycles. The molecule has 2 heterocycles. The van der Waals surface area contributed by atoms with Gasteiger partial charge in [0.2, 0.25) is 0 Å². The van der Waals surface area contributed by atoms with Crippen LogP contribution in [0.1, 0.15) is 25.3 Å². The molecule has 5 nitrogen and oxygen atoms in total. The number of hydrogen-bond donors (Lipinski definition) is 1. The number of amides is 1. The van der Waals surface area contributed by atoms with Crippen LogP contribution in [0.2, 0.25) is 0 Å². The van der Waals surface area contributed by atoms with Crippen LogP contribution < -0.4 is 5.32 Å². The van der Waals surface area contributed by atoms with Crippen molar-refractivity contribution in [3.05, 3.63) is 38.0 Å². The summed E-state index contributed by atoms with van der Waals surface area (Å²) in [5, 5.41) is 4.80. The maximum atomic E-state index is 11.4. The topological polar surface area (TPSA) is 68.3 Å². The molecule has 0 bridgehead atoms. The molecule has 1 amide bonds. The molecular weight excluding hydrogens is 308 g/mol. The van der Waals surface area contributed by atoms with Gasteiger partial charge in [-0.1, -0.05) is 0 Å². The molecule has 1 N–H and O–H groups in total. The van der Waals surface area contributed by atoms with Gasteiger partial charge in [-0.25, -0.2) is 4.98 Å². The molecule has 0 aliphatic carbocycles. The molecule has 0 atom stereocenters. The van der Waals surface area contributed by atoms with E-state index in [1.54, 1.807) is 7.05 Å². The van der Waals surface area contributed by atoms with Crippen molar-refractivity contribution in [2.24, 2.45) is 0 Å². The maximum Gasteiger partial charge on any atom is 0.310 e. The lowest BCUT2D eigenvalue weighted by Crippen LogP contribution is -2.17. The first-order valence-electron chi connectivity index (χ1n) is 6.13. The molecule has 2 aromatic heterocycles. The number of rotatable bonds is 5. The molecule has 0 spiro atoms. The fraction of sp³-hybridized carbons (Fsp3) is 0.214. The molecule has 0 fully saturated rings. The summed E-state index contributed by atoms with van der Waals surface area (Å²) in [4.78, 5) is 28.8. The van der Waals surface area contributed by atoms with E-state index in [9.17, 15) is 9.59 Å². The number of thiophene rings is 1. The molecular formula is C14H14N2O3S2. The van der Waals surface area contributed by atoms with Crippen LogP contribution in [0.5, 0.6) is 0 Å². The number of nitrogens with zero attached hydrogens (tertiary/aromatic N) is 1. The van der Waals surface area contributed by atoms with Crippen LogP contribution in [-0.4, -0.2) is 31.0 Å². The molecule has 0 aromatic carbocycles. The van der Waals surface area contributed by atoms with E-state index in [0.29, 0.717) is 5.01 Å². The number of thiazole rings is 1. The summed E-state index contributed by atoms with van der Waals surface area (Å²) in [6.07, 6.45) is 4.04. The third kappa shape index (κ3) is 4.24. The lowest BCUT2D eigenvalue weighted by molar-refractivity contribution is -0.139. The average molecular weight is 322 g/mol. The van der Waals surface area contributed by atoms with Gasteiger partial charge >= 0.3 is 5.97 Å². The third-order valence-corrected chi connectivity index (χ3v) is 4.50. The highest BCUT2D eigenvalue weighted by molar-refractivity contribution is 7.13. The molecule has 2 rings (SSSR count). The minimum atomic E-state index is -0.248. The van der Waals surface area contributed by atoms with E-state index in [0.717, 1.165) is 15.4 Å². The van der Waals surface area contributed by atoms with Gasteiger partial charge in [0.1, 0.15) is 0 Å². The Hall–Kier alpha value is -1.99. The van der Waals surface area contributed by atoms with Crippen molar-refractivity contribution in [3.8, 4) is 0 Å². The highest BCUT2D eigenvalue weighted by Crippen LogP contribution is 2.20. The summed E-state index contributed by atoms with van der Waals surface area (Å²) in [7, 11) is 2.96. The first-order valence-corrected chi connectivity index (χ1v) is 7.83. The number of methoxy groups -OCH3 is 1. The Balaban J connectivity index is 2.02. The van der Waals surface area contributed by atoms with E-state index in [1.165, 1.54) is 29.8 Å². The van der Waals surface area contributed by atoms with Crippen LogP contribution in [0.15, 0.2) is 17.5 Å². The van der Waals surface area contributed by atoms with Crippen LogP contribution in [0.3, 0.4) is 0 Å². The number of ether oxygens (including phenoxy) is 1. The number of nitrogens with one attached hydrogen (secondary N) is 1. The van der Waals surface area contributed by atoms with E-state index in [1.807, 2.05) is 29.7 Å². The molecule has 0 saturated carbocycles. The second-order valence-corrected chi connectivity index (χ2v) is 6.10. The normalized spacial score (nSPS) is 10.8. The number of esters is 1. The van der Waals surface area contributed by atoms with E-state index < -0.39 is 0 Å². The molecule has 0 unspecified atom stereocenters. The number of carbonyl (C=O) groups is 2. The van der Waals surface area contributed by atoms with Crippen molar-refractivity contribution < 1.29 is 14.3 Å². The molecule has 7 heteroatoms. The lowest BCUT2D eigenvalue weighted by atomic mass is 10.3. The third-order valence-electron chi connectivity index (χ3n) is 2.59. The second-order valence-electron chi connectivity index (χ2n) is 4.05. The Morgan fingerprint density at radius 1 is 1.38 bits per heavy atom. The lowest BCUT2D eigenvalue weighted by Gasteiger charge is -1.94. The minimum Gasteiger partial charge on any atom is -0.469 e. The molecule has 21 heavy (non-hydrogen) atoms. The SMILES string of the molecule is CNC(=O)c1nc(/C=C/c2ccc(CC(=O)OC)s2)cs1. The Kier molecular flexibility index (Phi) is 5.24. The van der Waals surface area contributed by atoms with Gasteiger partial charge in [0.15, 0.2) is 5.01 Å². The van der Waals surface area contributed by atoms with Gasteiger partial charge in [0, 0.05) is 22.2 Å². The minimum absolute atomic E-state index is 0.184. The zero-order chi connectivity index (χ0) is 15.2. The smallest absolute Gasteiger partial charge is 0.310 e. The standard InChI is InChI=1S/C14H14N2O3S2/c1-15-13(18)14-16-9(8-20-14)3-4-10-5-6-11(21-10)7-12(17)19-2/h3-6,8H,7H2,1-2H3,(H,15,18)/b4-3+. The van der Waals surface area contributed by atoms with E-state index in [-0.39, 0.29) is 18.3 Å². The predicted molar refractivity (Wildman–Crippen MR) is 84.5 cm³/mol. The van der Waals surface area contributed by atoms with Gasteiger partial charge in [-0.2, -0.15) is 0 Å². The van der Waals surface area contributed by atoms with E-state index >= 15 is 0 Å². The number of aromatic nitrogens is 1. The van der Waals surface area contributed by atoms with Gasteiger partial charge in [0.05, 0.1) is 19.2 Å². The summed E-state index contributed by atoms with van der Waals surface area (Å²) >= 11 is 2.82. The molecule has 0 aliphatic heterocycles. The Morgan fingerprint density at radius 2 is 2.19 bits per heavy atom. The summed E-state index contributed by atoms with van der Waals surface area (Å²) in [5.41, 5.74) is 0.738. The average Bonchev–Trinajstić information content (AvgIpc) is 3.13. The van der Waals surface area contributed by atoms with Crippen molar-refractivity contribution in [1.29, 1.82) is 0 Å². The van der Waals surface area contributed by atoms with Crippen molar-refractivity contribution in [2.45, 2.75) is 6.42 Å². The molecule has 0 aliphatic rings. The molecule has 110 valence electrons. The second kappa shape index (κ2) is 7.14. The van der Waals surface area contributed by atoms with Gasteiger partial charge in [-0.05, 0) is 24.3 Å². The van der Waals surface area contributed by atoms with E-state index in [2.05, 4.69) is 15.0 Å². The van der Waals surface area contributed by atoms with Crippen molar-refractivity contribution in [2.75, 3.05) is 14.2 Å². The fourth-order valence-corrected chi connectivity index (χ4v) is 3.17. The monoisotopic (exact) mass is 322 g/mol. The van der Waals surface area contributed by atoms with Gasteiger partial charge < -0.3 is 10.1 Å². The Labute approximate surface area is 130 Å². The van der Waals surface area contributed by atoms with Crippen molar-refractivity contribution in [1.82, 2.24) is 10.3 Å². The van der Waals surface area contributed by atoms with Crippen LogP contribution in [0, 0.1) is 0 Å². The maximum absolute atomic E-state index is 11.4. The zero-order valence-corrected chi connectivity index (χ0v) is 13.2. The Morgan fingerprint density at radius 3 is 2.90 bits per heavy atom. The first-order chi connectivity index (χ1) is 10.1. The predicted octanol–water partition coefficient (Wildman–Crippen LogP) is 2.45. The van der Waals surface area contributed by atoms with Crippen molar-refractivity contribution in [3.63, 3.8) is 0 Å². The summed E-state index contributed by atoms with van der Waals surface area (Å²) in [5.74, 6) is -0.432. The highest BCUT2D eigenvalue weighted by Gasteiger charge is 2.08. The Bertz CT molecular complexity index is 673. The van der Waals surface area contributed by atoms with Gasteiger partial charge in [0.25, 0.3) is 5.91 Å². The summed E-state index contributed by atoms with van der Waals surface area (Å²) in [6.45, 7) is 0. The van der Waals surface area contributed by atoms with Gasteiger partial charge in [-0.15, -0.1) is 22.7 Å². The van der Waals surface area contributed by atoms with Crippen LogP contribution >= 0.6 is 22.7 Å². The zero-order valence-electron chi connectivity index (χ0n) is 11.6. The van der Waals surface area contributed by atoms with Gasteiger partial charge in [-0.3, -0.25) is 9.59 Å². The van der Waals surface area contributed by atoms with Crippen LogP contribution in [-0.2, 0) is 16.0 Å². The largest absolute Gasteiger partial charge is 0.469 e. The van der Waals surface area contributed by atoms with Crippen LogP contribution in [0.25, 0.3) is 12.2 Å². The van der Waals surface area contributed by atoms with Crippen LogP contribution in [0.4, 0.5) is 0 Å². The summed E-state index contributed by atoms with van der Waals surface area (Å²) in [6, 6.07) is 3.84.